The molecule has 0 aromatic rings. The van der Waals surface area contributed by atoms with Crippen LogP contribution in [0.1, 0.15) is 34.6 Å². The Morgan fingerprint density at radius 2 is 1.94 bits per heavy atom. The van der Waals surface area contributed by atoms with Gasteiger partial charge < -0.3 is 10.1 Å². The molecule has 1 saturated heterocycles. The van der Waals surface area contributed by atoms with Crippen molar-refractivity contribution in [3.8, 4) is 0 Å². The number of hydrogen-bond acceptors (Lipinski definition) is 3. The molecule has 1 aliphatic rings. The summed E-state index contributed by atoms with van der Waals surface area (Å²) in [5.41, 5.74) is 0.199. The predicted octanol–water partition coefficient (Wildman–Crippen LogP) is 1.98. The Balaban J connectivity index is 2.27. The van der Waals surface area contributed by atoms with Gasteiger partial charge in [0.25, 0.3) is 0 Å². The van der Waals surface area contributed by atoms with Gasteiger partial charge in [0.2, 0.25) is 0 Å². The quantitative estimate of drug-likeness (QED) is 0.771. The number of morpholine rings is 1. The van der Waals surface area contributed by atoms with Crippen molar-refractivity contribution in [2.75, 3.05) is 39.4 Å². The van der Waals surface area contributed by atoms with E-state index in [4.69, 9.17) is 4.74 Å². The third-order valence-corrected chi connectivity index (χ3v) is 3.39. The van der Waals surface area contributed by atoms with Gasteiger partial charge in [-0.1, -0.05) is 20.8 Å². The second-order valence-corrected chi connectivity index (χ2v) is 6.47. The first-order valence-electron chi connectivity index (χ1n) is 6.95. The molecule has 0 amide bonds. The van der Waals surface area contributed by atoms with Crippen LogP contribution in [0.15, 0.2) is 0 Å². The first-order chi connectivity index (χ1) is 7.92. The fourth-order valence-corrected chi connectivity index (χ4v) is 2.29. The highest BCUT2D eigenvalue weighted by molar-refractivity contribution is 4.85. The zero-order valence-electron chi connectivity index (χ0n) is 12.3. The van der Waals surface area contributed by atoms with Crippen molar-refractivity contribution < 1.29 is 4.74 Å². The molecule has 0 spiro atoms. The molecule has 1 atom stereocenters. The van der Waals surface area contributed by atoms with Gasteiger partial charge >= 0.3 is 0 Å². The molecule has 0 aliphatic carbocycles. The van der Waals surface area contributed by atoms with Gasteiger partial charge in [-0.25, -0.2) is 0 Å². The van der Waals surface area contributed by atoms with Crippen molar-refractivity contribution >= 4 is 0 Å². The average Bonchev–Trinajstić information content (AvgIpc) is 2.20. The summed E-state index contributed by atoms with van der Waals surface area (Å²) in [6.45, 7) is 17.6. The number of nitrogens with zero attached hydrogens (tertiary/aromatic N) is 1. The predicted molar refractivity (Wildman–Crippen MR) is 73.3 cm³/mol. The van der Waals surface area contributed by atoms with E-state index < -0.39 is 0 Å². The van der Waals surface area contributed by atoms with Crippen LogP contribution in [0, 0.1) is 11.8 Å². The second-order valence-electron chi connectivity index (χ2n) is 6.47. The van der Waals surface area contributed by atoms with E-state index in [2.05, 4.69) is 44.8 Å². The lowest BCUT2D eigenvalue weighted by atomic mass is 10.00. The van der Waals surface area contributed by atoms with Gasteiger partial charge in [0.15, 0.2) is 0 Å². The van der Waals surface area contributed by atoms with E-state index in [9.17, 15) is 0 Å². The molecule has 0 bridgehead atoms. The van der Waals surface area contributed by atoms with Crippen LogP contribution in [-0.2, 0) is 4.74 Å². The van der Waals surface area contributed by atoms with Gasteiger partial charge in [-0.15, -0.1) is 0 Å². The molecule has 1 unspecified atom stereocenters. The molecule has 1 fully saturated rings. The lowest BCUT2D eigenvalue weighted by Crippen LogP contribution is -2.54. The molecule has 0 aromatic carbocycles. The van der Waals surface area contributed by atoms with Gasteiger partial charge in [0.05, 0.1) is 13.2 Å². The fraction of sp³-hybridized carbons (Fsp3) is 1.00. The van der Waals surface area contributed by atoms with E-state index in [1.807, 2.05) is 0 Å². The van der Waals surface area contributed by atoms with Crippen LogP contribution in [-0.4, -0.2) is 49.8 Å². The molecule has 0 radical (unpaired) electrons. The van der Waals surface area contributed by atoms with Crippen LogP contribution in [0.2, 0.25) is 0 Å². The Bertz CT molecular complexity index is 216. The highest BCUT2D eigenvalue weighted by Crippen LogP contribution is 2.20. The molecule has 1 aliphatic heterocycles. The van der Waals surface area contributed by atoms with Crippen molar-refractivity contribution in [2.24, 2.45) is 11.8 Å². The summed E-state index contributed by atoms with van der Waals surface area (Å²) in [5, 5.41) is 3.54. The van der Waals surface area contributed by atoms with Gasteiger partial charge in [-0.3, -0.25) is 4.90 Å². The van der Waals surface area contributed by atoms with E-state index >= 15 is 0 Å². The second kappa shape index (κ2) is 6.72. The van der Waals surface area contributed by atoms with Crippen molar-refractivity contribution in [3.05, 3.63) is 0 Å². The van der Waals surface area contributed by atoms with Crippen LogP contribution in [0.25, 0.3) is 0 Å². The average molecular weight is 242 g/mol. The highest BCUT2D eigenvalue weighted by atomic mass is 16.5. The highest BCUT2D eigenvalue weighted by Gasteiger charge is 2.30. The summed E-state index contributed by atoms with van der Waals surface area (Å²) in [6, 6.07) is 0. The summed E-state index contributed by atoms with van der Waals surface area (Å²) in [7, 11) is 0. The number of nitrogens with one attached hydrogen (secondary N) is 1. The molecule has 1 heterocycles. The third kappa shape index (κ3) is 5.36. The first kappa shape index (κ1) is 14.9. The van der Waals surface area contributed by atoms with Crippen LogP contribution in [0.3, 0.4) is 0 Å². The Hall–Kier alpha value is -0.120. The van der Waals surface area contributed by atoms with Gasteiger partial charge in [-0.05, 0) is 38.8 Å². The fourth-order valence-electron chi connectivity index (χ4n) is 2.29. The summed E-state index contributed by atoms with van der Waals surface area (Å²) in [6.07, 6.45) is 0. The van der Waals surface area contributed by atoms with Crippen molar-refractivity contribution in [1.82, 2.24) is 10.2 Å². The minimum absolute atomic E-state index is 0.199. The van der Waals surface area contributed by atoms with Gasteiger partial charge in [0, 0.05) is 18.6 Å². The molecule has 102 valence electrons. The Kier molecular flexibility index (Phi) is 5.90. The van der Waals surface area contributed by atoms with E-state index in [-0.39, 0.29) is 5.54 Å². The van der Waals surface area contributed by atoms with E-state index in [1.165, 1.54) is 6.54 Å². The zero-order chi connectivity index (χ0) is 12.9. The third-order valence-electron chi connectivity index (χ3n) is 3.39. The SMILES string of the molecule is CC(C)CNCC(C)CN1CCOCC1(C)C. The normalized spacial score (nSPS) is 22.9. The van der Waals surface area contributed by atoms with E-state index in [1.54, 1.807) is 0 Å². The summed E-state index contributed by atoms with van der Waals surface area (Å²) >= 11 is 0. The van der Waals surface area contributed by atoms with Gasteiger partial charge in [-0.2, -0.15) is 0 Å². The van der Waals surface area contributed by atoms with Crippen molar-refractivity contribution in [3.63, 3.8) is 0 Å². The first-order valence-corrected chi connectivity index (χ1v) is 6.95. The maximum atomic E-state index is 5.55. The summed E-state index contributed by atoms with van der Waals surface area (Å²) < 4.78 is 5.55. The molecule has 17 heavy (non-hydrogen) atoms. The Morgan fingerprint density at radius 1 is 1.24 bits per heavy atom. The molecular weight excluding hydrogens is 212 g/mol. The Morgan fingerprint density at radius 3 is 2.53 bits per heavy atom. The maximum Gasteiger partial charge on any atom is 0.0645 e. The number of ether oxygens (including phenoxy) is 1. The summed E-state index contributed by atoms with van der Waals surface area (Å²) in [4.78, 5) is 2.57. The summed E-state index contributed by atoms with van der Waals surface area (Å²) in [5.74, 6) is 1.44. The molecule has 3 heteroatoms. The minimum Gasteiger partial charge on any atom is -0.378 e. The largest absolute Gasteiger partial charge is 0.378 e. The van der Waals surface area contributed by atoms with Crippen LogP contribution in [0.5, 0.6) is 0 Å². The van der Waals surface area contributed by atoms with Crippen LogP contribution >= 0.6 is 0 Å². The van der Waals surface area contributed by atoms with Gasteiger partial charge in [0.1, 0.15) is 0 Å². The smallest absolute Gasteiger partial charge is 0.0645 e. The van der Waals surface area contributed by atoms with E-state index in [0.29, 0.717) is 5.92 Å². The van der Waals surface area contributed by atoms with Crippen molar-refractivity contribution in [2.45, 2.75) is 40.2 Å². The number of rotatable bonds is 6. The van der Waals surface area contributed by atoms with Crippen molar-refractivity contribution in [1.29, 1.82) is 0 Å². The topological polar surface area (TPSA) is 24.5 Å². The molecule has 3 nitrogen and oxygen atoms in total. The molecule has 1 N–H and O–H groups in total. The standard InChI is InChI=1S/C14H30N2O/c1-12(2)8-15-9-13(3)10-16-6-7-17-11-14(16,4)5/h12-13,15H,6-11H2,1-5H3. The lowest BCUT2D eigenvalue weighted by molar-refractivity contribution is -0.0561. The maximum absolute atomic E-state index is 5.55. The van der Waals surface area contributed by atoms with Crippen LogP contribution < -0.4 is 5.32 Å². The zero-order valence-corrected chi connectivity index (χ0v) is 12.3. The number of hydrogen-bond donors (Lipinski definition) is 1. The lowest BCUT2D eigenvalue weighted by Gasteiger charge is -2.43. The molecule has 0 saturated carbocycles. The van der Waals surface area contributed by atoms with Crippen LogP contribution in [0.4, 0.5) is 0 Å². The van der Waals surface area contributed by atoms with E-state index in [0.717, 1.165) is 38.8 Å². The minimum atomic E-state index is 0.199. The molecular formula is C14H30N2O. The monoisotopic (exact) mass is 242 g/mol. The molecule has 1 rings (SSSR count). The molecule has 0 aromatic heterocycles. The Labute approximate surface area is 107 Å².